The van der Waals surface area contributed by atoms with Crippen molar-refractivity contribution in [3.05, 3.63) is 0 Å². The van der Waals surface area contributed by atoms with Crippen LogP contribution in [0.4, 0.5) is 0 Å². The zero-order valence-corrected chi connectivity index (χ0v) is 15.3. The van der Waals surface area contributed by atoms with Gasteiger partial charge in [0.2, 0.25) is 0 Å². The molecule has 2 N–H and O–H groups in total. The number of ketones is 1. The normalized spacial score (nSPS) is 62.4. The van der Waals surface area contributed by atoms with E-state index in [4.69, 9.17) is 4.74 Å². The summed E-state index contributed by atoms with van der Waals surface area (Å²) in [6, 6.07) is 0. The van der Waals surface area contributed by atoms with Crippen LogP contribution in [0.15, 0.2) is 0 Å². The van der Waals surface area contributed by atoms with Gasteiger partial charge in [0.05, 0.1) is 11.7 Å². The summed E-state index contributed by atoms with van der Waals surface area (Å²) in [5.41, 5.74) is -4.02. The van der Waals surface area contributed by atoms with Crippen molar-refractivity contribution in [2.45, 2.75) is 83.0 Å². The molecule has 0 radical (unpaired) electrons. The van der Waals surface area contributed by atoms with Gasteiger partial charge in [-0.1, -0.05) is 6.92 Å². The summed E-state index contributed by atoms with van der Waals surface area (Å²) >= 11 is 0. The first-order chi connectivity index (χ1) is 11.5. The van der Waals surface area contributed by atoms with Gasteiger partial charge in [0, 0.05) is 11.8 Å². The van der Waals surface area contributed by atoms with Gasteiger partial charge < -0.3 is 14.9 Å². The van der Waals surface area contributed by atoms with Crippen LogP contribution in [0.2, 0.25) is 0 Å². The molecule has 138 valence electrons. The van der Waals surface area contributed by atoms with Crippen LogP contribution in [0.5, 0.6) is 0 Å². The van der Waals surface area contributed by atoms with Crippen molar-refractivity contribution in [2.75, 3.05) is 0 Å². The molecule has 0 aromatic heterocycles. The van der Waals surface area contributed by atoms with Crippen molar-refractivity contribution >= 4 is 11.8 Å². The van der Waals surface area contributed by atoms with E-state index in [2.05, 4.69) is 0 Å². The minimum Gasteiger partial charge on any atom is -0.450 e. The second-order valence-electron chi connectivity index (χ2n) is 10.3. The van der Waals surface area contributed by atoms with Crippen LogP contribution >= 0.6 is 0 Å². The van der Waals surface area contributed by atoms with E-state index in [1.54, 1.807) is 6.92 Å². The van der Waals surface area contributed by atoms with E-state index in [0.717, 1.165) is 19.3 Å². The fraction of sp³-hybridized carbons (Fsp3) is 0.900. The van der Waals surface area contributed by atoms with Crippen LogP contribution in [-0.4, -0.2) is 39.3 Å². The zero-order chi connectivity index (χ0) is 18.0. The van der Waals surface area contributed by atoms with E-state index in [1.807, 2.05) is 13.8 Å². The molecule has 4 aliphatic carbocycles. The van der Waals surface area contributed by atoms with Crippen LogP contribution in [0.25, 0.3) is 0 Å². The second kappa shape index (κ2) is 4.14. The van der Waals surface area contributed by atoms with Gasteiger partial charge in [-0.25, -0.2) is 0 Å². The van der Waals surface area contributed by atoms with Crippen molar-refractivity contribution in [3.63, 3.8) is 0 Å². The Bertz CT molecular complexity index is 700. The average Bonchev–Trinajstić information content (AvgIpc) is 2.94. The van der Waals surface area contributed by atoms with Crippen molar-refractivity contribution in [2.24, 2.45) is 28.1 Å². The van der Waals surface area contributed by atoms with Gasteiger partial charge in [0.15, 0.2) is 11.4 Å². The van der Waals surface area contributed by atoms with Gasteiger partial charge in [-0.3, -0.25) is 9.59 Å². The molecule has 5 nitrogen and oxygen atoms in total. The lowest BCUT2D eigenvalue weighted by atomic mass is 9.59. The first-order valence-electron chi connectivity index (χ1n) is 9.71. The van der Waals surface area contributed by atoms with Gasteiger partial charge in [-0.05, 0) is 69.6 Å². The van der Waals surface area contributed by atoms with E-state index in [9.17, 15) is 19.8 Å². The van der Waals surface area contributed by atoms with Crippen molar-refractivity contribution < 1.29 is 24.5 Å². The van der Waals surface area contributed by atoms with Gasteiger partial charge in [-0.2, -0.15) is 0 Å². The number of rotatable bonds is 0. The third-order valence-corrected chi connectivity index (χ3v) is 9.18. The fourth-order valence-corrected chi connectivity index (χ4v) is 7.92. The second-order valence-corrected chi connectivity index (χ2v) is 10.3. The number of esters is 1. The van der Waals surface area contributed by atoms with Crippen LogP contribution in [0, 0.1) is 28.1 Å². The van der Waals surface area contributed by atoms with Gasteiger partial charge >= 0.3 is 5.97 Å². The lowest BCUT2D eigenvalue weighted by Crippen LogP contribution is -2.56. The number of hydrogen-bond donors (Lipinski definition) is 2. The number of Topliss-reactive ketones (excluding diaryl/α,β-unsaturated/α-hetero) is 1. The molecule has 1 aliphatic heterocycles. The lowest BCUT2D eigenvalue weighted by molar-refractivity contribution is -0.180. The molecule has 0 amide bonds. The van der Waals surface area contributed by atoms with E-state index in [1.165, 1.54) is 0 Å². The smallest absolute Gasteiger partial charge is 0.320 e. The molecule has 0 unspecified atom stereocenters. The molecule has 4 saturated carbocycles. The summed E-state index contributed by atoms with van der Waals surface area (Å²) in [7, 11) is 0. The van der Waals surface area contributed by atoms with Gasteiger partial charge in [0.1, 0.15) is 5.41 Å². The predicted molar refractivity (Wildman–Crippen MR) is 88.4 cm³/mol. The molecular formula is C20H28O5. The number of fused-ring (bicyclic) bond motifs is 3. The molecule has 5 heteroatoms. The molecule has 5 aliphatic rings. The topological polar surface area (TPSA) is 83.8 Å². The van der Waals surface area contributed by atoms with Gasteiger partial charge in [0.25, 0.3) is 0 Å². The van der Waals surface area contributed by atoms with Crippen molar-refractivity contribution in [3.8, 4) is 0 Å². The lowest BCUT2D eigenvalue weighted by Gasteiger charge is -2.47. The van der Waals surface area contributed by atoms with Crippen LogP contribution < -0.4 is 0 Å². The highest BCUT2D eigenvalue weighted by atomic mass is 16.6. The molecular weight excluding hydrogens is 320 g/mol. The molecule has 5 fully saturated rings. The zero-order valence-electron chi connectivity index (χ0n) is 15.3. The van der Waals surface area contributed by atoms with E-state index in [-0.39, 0.29) is 23.0 Å². The summed E-state index contributed by atoms with van der Waals surface area (Å²) in [4.78, 5) is 26.2. The van der Waals surface area contributed by atoms with Crippen LogP contribution in [0.1, 0.15) is 65.7 Å². The highest BCUT2D eigenvalue weighted by Crippen LogP contribution is 2.76. The molecule has 25 heavy (non-hydrogen) atoms. The minimum absolute atomic E-state index is 0.109. The maximum atomic E-state index is 13.6. The third kappa shape index (κ3) is 1.48. The quantitative estimate of drug-likeness (QED) is 0.517. The number of carbonyl (C=O) groups excluding carboxylic acids is 2. The first-order valence-corrected chi connectivity index (χ1v) is 9.71. The monoisotopic (exact) mass is 348 g/mol. The molecule has 8 atom stereocenters. The molecule has 0 aromatic rings. The van der Waals surface area contributed by atoms with Crippen LogP contribution in [-0.2, 0) is 14.3 Å². The Hall–Kier alpha value is -0.940. The Morgan fingerprint density at radius 3 is 2.52 bits per heavy atom. The fourth-order valence-electron chi connectivity index (χ4n) is 7.92. The van der Waals surface area contributed by atoms with E-state index < -0.39 is 34.1 Å². The minimum atomic E-state index is -1.21. The Morgan fingerprint density at radius 1 is 1.08 bits per heavy atom. The number of hydrogen-bond acceptors (Lipinski definition) is 5. The van der Waals surface area contributed by atoms with Crippen molar-refractivity contribution in [1.82, 2.24) is 0 Å². The SMILES string of the molecule is C[C@]12CC[C@H](O)[C@@]3(C)[C@@H]4CC[C@@H]5C[C@@]4(C[C@@]5(C)O)C[C@@]3(OC1=O)C2=O. The van der Waals surface area contributed by atoms with E-state index >= 15 is 0 Å². The van der Waals surface area contributed by atoms with E-state index in [0.29, 0.717) is 25.7 Å². The molecule has 2 spiro atoms. The predicted octanol–water partition coefficient (Wildman–Crippen LogP) is 1.98. The Kier molecular flexibility index (Phi) is 2.69. The summed E-state index contributed by atoms with van der Waals surface area (Å²) in [6.07, 6.45) is 3.96. The summed E-state index contributed by atoms with van der Waals surface area (Å²) < 4.78 is 5.94. The Balaban J connectivity index is 1.73. The molecule has 1 heterocycles. The Morgan fingerprint density at radius 2 is 1.80 bits per heavy atom. The molecule has 1 saturated heterocycles. The summed E-state index contributed by atoms with van der Waals surface area (Å²) in [5.74, 6) is -0.179. The average molecular weight is 348 g/mol. The standard InChI is InChI=1S/C20H28O5/c1-16-7-6-13(21)18(3)12-5-4-11-8-19(12,9-17(11,2)24)10-20(18,14(16)22)25-15(16)23/h11-13,21,24H,4-10H2,1-3H3/t11-,12+,13+,16-,17-,18-,19-,20-/m1/s1. The molecule has 0 aromatic carbocycles. The highest BCUT2D eigenvalue weighted by Gasteiger charge is 2.82. The summed E-state index contributed by atoms with van der Waals surface area (Å²) in [6.45, 7) is 5.58. The highest BCUT2D eigenvalue weighted by molar-refractivity contribution is 6.13. The number of aliphatic hydroxyl groups is 2. The number of ether oxygens (including phenoxy) is 1. The first kappa shape index (κ1) is 16.2. The largest absolute Gasteiger partial charge is 0.450 e. The molecule has 4 bridgehead atoms. The third-order valence-electron chi connectivity index (χ3n) is 9.18. The maximum Gasteiger partial charge on any atom is 0.320 e. The number of aliphatic hydroxyl groups excluding tert-OH is 1. The molecule has 5 rings (SSSR count). The summed E-state index contributed by atoms with van der Waals surface area (Å²) in [5, 5.41) is 22.1. The van der Waals surface area contributed by atoms with Crippen molar-refractivity contribution in [1.29, 1.82) is 0 Å². The Labute approximate surface area is 148 Å². The number of carbonyl (C=O) groups is 2. The maximum absolute atomic E-state index is 13.6. The van der Waals surface area contributed by atoms with Crippen LogP contribution in [0.3, 0.4) is 0 Å². The van der Waals surface area contributed by atoms with Gasteiger partial charge in [-0.15, -0.1) is 0 Å².